The first-order valence-electron chi connectivity index (χ1n) is 11.4. The Bertz CT molecular complexity index is 1510. The summed E-state index contributed by atoms with van der Waals surface area (Å²) in [7, 11) is 0. The summed E-state index contributed by atoms with van der Waals surface area (Å²) in [5, 5.41) is 31.9. The van der Waals surface area contributed by atoms with E-state index >= 15 is 0 Å². The minimum absolute atomic E-state index is 0.0424. The molecule has 0 radical (unpaired) electrons. The van der Waals surface area contributed by atoms with Crippen molar-refractivity contribution < 1.29 is 23.4 Å². The molecule has 1 aromatic carbocycles. The number of hydrogen-bond acceptors (Lipinski definition) is 8. The van der Waals surface area contributed by atoms with Crippen LogP contribution in [0.25, 0.3) is 17.2 Å². The van der Waals surface area contributed by atoms with Crippen molar-refractivity contribution in [1.29, 1.82) is 0 Å². The number of anilines is 1. The van der Waals surface area contributed by atoms with Crippen molar-refractivity contribution >= 4 is 29.2 Å². The van der Waals surface area contributed by atoms with Crippen molar-refractivity contribution in [3.63, 3.8) is 0 Å². The van der Waals surface area contributed by atoms with Gasteiger partial charge in [-0.3, -0.25) is 4.57 Å². The molecule has 1 unspecified atom stereocenters. The Morgan fingerprint density at radius 2 is 1.79 bits per heavy atom. The number of nitrogens with zero attached hydrogens (tertiary/aromatic N) is 7. The average molecular weight is 587 g/mol. The molecule has 0 aliphatic rings. The summed E-state index contributed by atoms with van der Waals surface area (Å²) < 4.78 is 42.3. The first-order valence-corrected chi connectivity index (χ1v) is 12.2. The van der Waals surface area contributed by atoms with Gasteiger partial charge in [-0.05, 0) is 50.2 Å². The molecule has 0 spiro atoms. The van der Waals surface area contributed by atoms with E-state index in [4.69, 9.17) is 23.2 Å². The van der Waals surface area contributed by atoms with E-state index < -0.39 is 30.1 Å². The fraction of sp³-hybridized carbons (Fsp3) is 0.348. The van der Waals surface area contributed by atoms with Gasteiger partial charge in [0.2, 0.25) is 5.95 Å². The molecule has 16 heteroatoms. The number of aromatic nitrogens is 7. The first kappa shape index (κ1) is 28.5. The Balaban J connectivity index is 1.76. The van der Waals surface area contributed by atoms with Crippen LogP contribution in [-0.2, 0) is 13.1 Å². The van der Waals surface area contributed by atoms with Gasteiger partial charge in [0.25, 0.3) is 0 Å². The number of aliphatic hydroxyl groups excluding tert-OH is 1. The zero-order valence-electron chi connectivity index (χ0n) is 20.6. The number of pyridine rings is 1. The topological polar surface area (TPSA) is 136 Å². The fourth-order valence-corrected chi connectivity index (χ4v) is 3.77. The third-order valence-corrected chi connectivity index (χ3v) is 5.87. The van der Waals surface area contributed by atoms with Crippen LogP contribution in [0, 0.1) is 0 Å². The average Bonchev–Trinajstić information content (AvgIpc) is 3.39. The summed E-state index contributed by atoms with van der Waals surface area (Å²) in [4.78, 5) is 21.8. The molecular formula is C23H23Cl2F3N8O3. The Morgan fingerprint density at radius 3 is 2.41 bits per heavy atom. The van der Waals surface area contributed by atoms with Crippen molar-refractivity contribution in [1.82, 2.24) is 34.1 Å². The largest absolute Gasteiger partial charge is 0.416 e. The second-order valence-electron chi connectivity index (χ2n) is 9.18. The van der Waals surface area contributed by atoms with Gasteiger partial charge >= 0.3 is 11.9 Å². The van der Waals surface area contributed by atoms with Crippen molar-refractivity contribution in [3.05, 3.63) is 68.9 Å². The number of alkyl halides is 3. The van der Waals surface area contributed by atoms with E-state index in [1.165, 1.54) is 35.1 Å². The minimum atomic E-state index is -4.96. The van der Waals surface area contributed by atoms with E-state index in [0.29, 0.717) is 10.6 Å². The van der Waals surface area contributed by atoms with Gasteiger partial charge in [0.1, 0.15) is 6.54 Å². The van der Waals surface area contributed by atoms with E-state index in [-0.39, 0.29) is 41.5 Å². The standard InChI is InChI=1S/C23H23Cl2F3N8O3/c1-22(2,39)12-30-20-31-17(32-36(20)19-15(25)4-3-9-29-19)11-35-21(38)34(10-16(37)23(26,27)28)18(33-35)13-5-7-14(24)8-6-13/h3-9,16,37,39H,10-12H2,1-2H3,(H,30,31,32). The van der Waals surface area contributed by atoms with E-state index in [1.807, 2.05) is 0 Å². The van der Waals surface area contributed by atoms with Gasteiger partial charge in [-0.1, -0.05) is 23.2 Å². The molecule has 0 fully saturated rings. The highest BCUT2D eigenvalue weighted by Crippen LogP contribution is 2.25. The number of hydrogen-bond donors (Lipinski definition) is 3. The quantitative estimate of drug-likeness (QED) is 0.272. The lowest BCUT2D eigenvalue weighted by atomic mass is 10.1. The van der Waals surface area contributed by atoms with E-state index in [2.05, 4.69) is 25.5 Å². The highest BCUT2D eigenvalue weighted by molar-refractivity contribution is 6.32. The van der Waals surface area contributed by atoms with Gasteiger partial charge in [-0.2, -0.15) is 22.8 Å². The maximum Gasteiger partial charge on any atom is 0.416 e. The zero-order chi connectivity index (χ0) is 28.5. The Labute approximate surface area is 229 Å². The maximum atomic E-state index is 13.2. The molecule has 3 N–H and O–H groups in total. The van der Waals surface area contributed by atoms with Crippen molar-refractivity contribution in [2.75, 3.05) is 11.9 Å². The van der Waals surface area contributed by atoms with Crippen molar-refractivity contribution in [2.45, 2.75) is 44.8 Å². The van der Waals surface area contributed by atoms with Crippen LogP contribution in [0.1, 0.15) is 19.7 Å². The highest BCUT2D eigenvalue weighted by Gasteiger charge is 2.39. The molecule has 4 rings (SSSR count). The van der Waals surface area contributed by atoms with E-state index in [0.717, 1.165) is 9.25 Å². The molecule has 0 aliphatic carbocycles. The van der Waals surface area contributed by atoms with Crippen molar-refractivity contribution in [2.24, 2.45) is 0 Å². The van der Waals surface area contributed by atoms with E-state index in [1.54, 1.807) is 26.0 Å². The number of halogens is 5. The summed E-state index contributed by atoms with van der Waals surface area (Å²) in [5.41, 5.74) is -1.75. The van der Waals surface area contributed by atoms with Gasteiger partial charge in [0.15, 0.2) is 23.6 Å². The van der Waals surface area contributed by atoms with Gasteiger partial charge in [-0.15, -0.1) is 10.2 Å². The SMILES string of the molecule is CC(C)(O)CNc1nc(Cn2nc(-c3ccc(Cl)cc3)n(CC(O)C(F)(F)F)c2=O)nn1-c1ncccc1Cl. The van der Waals surface area contributed by atoms with Crippen molar-refractivity contribution in [3.8, 4) is 17.2 Å². The Hall–Kier alpha value is -3.46. The third kappa shape index (κ3) is 6.76. The molecule has 0 aliphatic heterocycles. The lowest BCUT2D eigenvalue weighted by molar-refractivity contribution is -0.207. The van der Waals surface area contributed by atoms with Gasteiger partial charge in [0.05, 0.1) is 17.2 Å². The van der Waals surface area contributed by atoms with Crippen LogP contribution in [0.5, 0.6) is 0 Å². The summed E-state index contributed by atoms with van der Waals surface area (Å²) in [6.45, 7) is 1.80. The number of benzene rings is 1. The third-order valence-electron chi connectivity index (χ3n) is 5.32. The van der Waals surface area contributed by atoms with Gasteiger partial charge < -0.3 is 15.5 Å². The predicted octanol–water partition coefficient (Wildman–Crippen LogP) is 3.15. The fourth-order valence-electron chi connectivity index (χ4n) is 3.44. The Kier molecular flexibility index (Phi) is 8.02. The van der Waals surface area contributed by atoms with Crippen LogP contribution >= 0.6 is 23.2 Å². The summed E-state index contributed by atoms with van der Waals surface area (Å²) in [6.07, 6.45) is -6.28. The van der Waals surface area contributed by atoms with Crippen LogP contribution in [0.4, 0.5) is 19.1 Å². The molecule has 3 heterocycles. The highest BCUT2D eigenvalue weighted by atomic mass is 35.5. The summed E-state index contributed by atoms with van der Waals surface area (Å²) >= 11 is 12.2. The first-order chi connectivity index (χ1) is 18.2. The Morgan fingerprint density at radius 1 is 1.10 bits per heavy atom. The normalized spacial score (nSPS) is 13.1. The molecule has 0 saturated carbocycles. The molecule has 208 valence electrons. The second kappa shape index (κ2) is 11.0. The maximum absolute atomic E-state index is 13.2. The summed E-state index contributed by atoms with van der Waals surface area (Å²) in [5.74, 6) is 0.281. The zero-order valence-corrected chi connectivity index (χ0v) is 22.1. The number of nitrogens with one attached hydrogen (secondary N) is 1. The lowest BCUT2D eigenvalue weighted by Gasteiger charge is -2.18. The van der Waals surface area contributed by atoms with Crippen LogP contribution < -0.4 is 11.0 Å². The number of rotatable bonds is 9. The smallest absolute Gasteiger partial charge is 0.389 e. The lowest BCUT2D eigenvalue weighted by Crippen LogP contribution is -2.37. The molecule has 3 aromatic heterocycles. The molecule has 0 bridgehead atoms. The van der Waals surface area contributed by atoms with E-state index in [9.17, 15) is 28.2 Å². The minimum Gasteiger partial charge on any atom is -0.389 e. The molecule has 0 amide bonds. The second-order valence-corrected chi connectivity index (χ2v) is 10.0. The molecular weight excluding hydrogens is 564 g/mol. The van der Waals surface area contributed by atoms with Gasteiger partial charge in [-0.25, -0.2) is 14.5 Å². The number of aliphatic hydroxyl groups is 2. The van der Waals surface area contributed by atoms with Crippen LogP contribution in [0.2, 0.25) is 10.0 Å². The molecule has 4 aromatic rings. The molecule has 11 nitrogen and oxygen atoms in total. The summed E-state index contributed by atoms with van der Waals surface area (Å²) in [6, 6.07) is 9.16. The van der Waals surface area contributed by atoms with Crippen LogP contribution in [0.15, 0.2) is 47.4 Å². The monoisotopic (exact) mass is 586 g/mol. The molecule has 0 saturated heterocycles. The van der Waals surface area contributed by atoms with Crippen LogP contribution in [-0.4, -0.2) is 68.7 Å². The predicted molar refractivity (Wildman–Crippen MR) is 137 cm³/mol. The molecule has 39 heavy (non-hydrogen) atoms. The van der Waals surface area contributed by atoms with Gasteiger partial charge in [0, 0.05) is 23.3 Å². The van der Waals surface area contributed by atoms with Crippen LogP contribution in [0.3, 0.4) is 0 Å². The molecule has 1 atom stereocenters.